The summed E-state index contributed by atoms with van der Waals surface area (Å²) < 4.78 is 0. The van der Waals surface area contributed by atoms with E-state index in [0.717, 1.165) is 16.9 Å². The smallest absolute Gasteiger partial charge is 0.231 e. The topological polar surface area (TPSA) is 83.8 Å². The third-order valence-corrected chi connectivity index (χ3v) is 3.08. The Morgan fingerprint density at radius 1 is 1.37 bits per heavy atom. The SMILES string of the molecule is CC(C)(CN)C(=O)Nc1ccc(-c2cnc[nH]2)cc1. The lowest BCUT2D eigenvalue weighted by atomic mass is 9.92. The van der Waals surface area contributed by atoms with Crippen LogP contribution in [0.2, 0.25) is 0 Å². The van der Waals surface area contributed by atoms with Gasteiger partial charge in [0.25, 0.3) is 0 Å². The summed E-state index contributed by atoms with van der Waals surface area (Å²) in [6, 6.07) is 7.58. The average Bonchev–Trinajstić information content (AvgIpc) is 2.93. The van der Waals surface area contributed by atoms with E-state index >= 15 is 0 Å². The first-order valence-electron chi connectivity index (χ1n) is 6.13. The van der Waals surface area contributed by atoms with Gasteiger partial charge in [-0.15, -0.1) is 0 Å². The molecule has 0 atom stereocenters. The predicted molar refractivity (Wildman–Crippen MR) is 75.5 cm³/mol. The Kier molecular flexibility index (Phi) is 3.66. The summed E-state index contributed by atoms with van der Waals surface area (Å²) in [5.74, 6) is -0.0794. The number of nitrogens with two attached hydrogens (primary N) is 1. The first-order chi connectivity index (χ1) is 9.03. The van der Waals surface area contributed by atoms with Gasteiger partial charge in [-0.3, -0.25) is 4.79 Å². The number of hydrogen-bond acceptors (Lipinski definition) is 3. The zero-order chi connectivity index (χ0) is 13.9. The summed E-state index contributed by atoms with van der Waals surface area (Å²) in [6.45, 7) is 3.95. The normalized spacial score (nSPS) is 11.3. The van der Waals surface area contributed by atoms with Crippen molar-refractivity contribution >= 4 is 11.6 Å². The Labute approximate surface area is 112 Å². The number of nitrogens with one attached hydrogen (secondary N) is 2. The second kappa shape index (κ2) is 5.24. The molecule has 0 radical (unpaired) electrons. The highest BCUT2D eigenvalue weighted by molar-refractivity contribution is 5.95. The van der Waals surface area contributed by atoms with Gasteiger partial charge in [0.15, 0.2) is 0 Å². The maximum Gasteiger partial charge on any atom is 0.231 e. The molecule has 0 spiro atoms. The molecule has 0 unspecified atom stereocenters. The first kappa shape index (κ1) is 13.3. The standard InChI is InChI=1S/C14H18N4O/c1-14(2,8-15)13(19)18-11-5-3-10(4-6-11)12-7-16-9-17-12/h3-7,9H,8,15H2,1-2H3,(H,16,17)(H,18,19). The second-order valence-electron chi connectivity index (χ2n) is 5.08. The molecule has 19 heavy (non-hydrogen) atoms. The molecule has 4 N–H and O–H groups in total. The Hall–Kier alpha value is -2.14. The zero-order valence-corrected chi connectivity index (χ0v) is 11.1. The molecular weight excluding hydrogens is 240 g/mol. The van der Waals surface area contributed by atoms with E-state index in [0.29, 0.717) is 6.54 Å². The second-order valence-corrected chi connectivity index (χ2v) is 5.08. The molecule has 0 aliphatic carbocycles. The number of hydrogen-bond donors (Lipinski definition) is 3. The van der Waals surface area contributed by atoms with Crippen molar-refractivity contribution in [1.82, 2.24) is 9.97 Å². The molecule has 1 aromatic carbocycles. The number of carbonyl (C=O) groups excluding carboxylic acids is 1. The summed E-state index contributed by atoms with van der Waals surface area (Å²) >= 11 is 0. The van der Waals surface area contributed by atoms with E-state index in [1.54, 1.807) is 12.5 Å². The molecule has 1 amide bonds. The van der Waals surface area contributed by atoms with Crippen LogP contribution in [-0.4, -0.2) is 22.4 Å². The van der Waals surface area contributed by atoms with Crippen LogP contribution in [0.1, 0.15) is 13.8 Å². The summed E-state index contributed by atoms with van der Waals surface area (Å²) in [4.78, 5) is 19.0. The van der Waals surface area contributed by atoms with Crippen LogP contribution >= 0.6 is 0 Å². The van der Waals surface area contributed by atoms with Crippen molar-refractivity contribution in [1.29, 1.82) is 0 Å². The lowest BCUT2D eigenvalue weighted by molar-refractivity contribution is -0.123. The van der Waals surface area contributed by atoms with Crippen molar-refractivity contribution in [2.24, 2.45) is 11.1 Å². The van der Waals surface area contributed by atoms with Gasteiger partial charge in [0.2, 0.25) is 5.91 Å². The number of imidazole rings is 1. The molecule has 0 saturated carbocycles. The number of carbonyl (C=O) groups is 1. The Morgan fingerprint density at radius 2 is 2.05 bits per heavy atom. The summed E-state index contributed by atoms with van der Waals surface area (Å²) in [6.07, 6.45) is 3.39. The van der Waals surface area contributed by atoms with E-state index in [-0.39, 0.29) is 5.91 Å². The van der Waals surface area contributed by atoms with Gasteiger partial charge in [-0.05, 0) is 31.5 Å². The molecule has 2 rings (SSSR count). The minimum absolute atomic E-state index is 0.0794. The Morgan fingerprint density at radius 3 is 2.58 bits per heavy atom. The predicted octanol–water partition coefficient (Wildman–Crippen LogP) is 2.00. The average molecular weight is 258 g/mol. The van der Waals surface area contributed by atoms with Gasteiger partial charge in [-0.2, -0.15) is 0 Å². The highest BCUT2D eigenvalue weighted by atomic mass is 16.2. The number of aromatic amines is 1. The van der Waals surface area contributed by atoms with Crippen LogP contribution in [0.4, 0.5) is 5.69 Å². The van der Waals surface area contributed by atoms with Gasteiger partial charge in [0.05, 0.1) is 23.6 Å². The lowest BCUT2D eigenvalue weighted by Gasteiger charge is -2.21. The van der Waals surface area contributed by atoms with Gasteiger partial charge in [0.1, 0.15) is 0 Å². The summed E-state index contributed by atoms with van der Waals surface area (Å²) in [7, 11) is 0. The molecule has 5 heteroatoms. The number of benzene rings is 1. The molecule has 100 valence electrons. The fourth-order valence-corrected chi connectivity index (χ4v) is 1.54. The third-order valence-electron chi connectivity index (χ3n) is 3.08. The molecule has 0 bridgehead atoms. The van der Waals surface area contributed by atoms with Gasteiger partial charge in [0, 0.05) is 12.2 Å². The molecule has 5 nitrogen and oxygen atoms in total. The number of amides is 1. The van der Waals surface area contributed by atoms with Crippen LogP contribution in [0, 0.1) is 5.41 Å². The lowest BCUT2D eigenvalue weighted by Crippen LogP contribution is -2.37. The van der Waals surface area contributed by atoms with Crippen LogP contribution in [0.25, 0.3) is 11.3 Å². The van der Waals surface area contributed by atoms with Crippen molar-refractivity contribution in [3.63, 3.8) is 0 Å². The van der Waals surface area contributed by atoms with E-state index in [1.165, 1.54) is 0 Å². The van der Waals surface area contributed by atoms with Crippen molar-refractivity contribution < 1.29 is 4.79 Å². The van der Waals surface area contributed by atoms with Crippen LogP contribution in [0.5, 0.6) is 0 Å². The molecular formula is C14H18N4O. The Bertz CT molecular complexity index is 543. The van der Waals surface area contributed by atoms with Crippen molar-refractivity contribution in [3.8, 4) is 11.3 Å². The third kappa shape index (κ3) is 3.00. The number of H-pyrrole nitrogens is 1. The highest BCUT2D eigenvalue weighted by Crippen LogP contribution is 2.21. The van der Waals surface area contributed by atoms with Crippen molar-refractivity contribution in [3.05, 3.63) is 36.8 Å². The summed E-state index contributed by atoms with van der Waals surface area (Å²) in [5, 5.41) is 2.86. The van der Waals surface area contributed by atoms with E-state index in [2.05, 4.69) is 15.3 Å². The molecule has 1 heterocycles. The molecule has 2 aromatic rings. The van der Waals surface area contributed by atoms with Gasteiger partial charge in [-0.1, -0.05) is 12.1 Å². The molecule has 0 saturated heterocycles. The zero-order valence-electron chi connectivity index (χ0n) is 11.1. The molecule has 0 aliphatic heterocycles. The fourth-order valence-electron chi connectivity index (χ4n) is 1.54. The highest BCUT2D eigenvalue weighted by Gasteiger charge is 2.25. The van der Waals surface area contributed by atoms with E-state index in [1.807, 2.05) is 38.1 Å². The van der Waals surface area contributed by atoms with Crippen LogP contribution < -0.4 is 11.1 Å². The quantitative estimate of drug-likeness (QED) is 0.784. The van der Waals surface area contributed by atoms with Gasteiger partial charge >= 0.3 is 0 Å². The number of nitrogens with zero attached hydrogens (tertiary/aromatic N) is 1. The minimum Gasteiger partial charge on any atom is -0.345 e. The number of rotatable bonds is 4. The molecule has 0 fully saturated rings. The minimum atomic E-state index is -0.567. The Balaban J connectivity index is 2.10. The molecule has 0 aliphatic rings. The van der Waals surface area contributed by atoms with Crippen molar-refractivity contribution in [2.75, 3.05) is 11.9 Å². The number of anilines is 1. The van der Waals surface area contributed by atoms with E-state index in [9.17, 15) is 4.79 Å². The maximum absolute atomic E-state index is 12.0. The largest absolute Gasteiger partial charge is 0.345 e. The monoisotopic (exact) mass is 258 g/mol. The number of aromatic nitrogens is 2. The maximum atomic E-state index is 12.0. The van der Waals surface area contributed by atoms with Gasteiger partial charge in [-0.25, -0.2) is 4.98 Å². The van der Waals surface area contributed by atoms with E-state index in [4.69, 9.17) is 5.73 Å². The van der Waals surface area contributed by atoms with Crippen molar-refractivity contribution in [2.45, 2.75) is 13.8 Å². The van der Waals surface area contributed by atoms with Crippen LogP contribution in [0.15, 0.2) is 36.8 Å². The fraction of sp³-hybridized carbons (Fsp3) is 0.286. The van der Waals surface area contributed by atoms with Crippen LogP contribution in [0.3, 0.4) is 0 Å². The first-order valence-corrected chi connectivity index (χ1v) is 6.13. The van der Waals surface area contributed by atoms with Crippen LogP contribution in [-0.2, 0) is 4.79 Å². The molecule has 1 aromatic heterocycles. The summed E-state index contributed by atoms with van der Waals surface area (Å²) in [5.41, 5.74) is 7.74. The van der Waals surface area contributed by atoms with E-state index < -0.39 is 5.41 Å². The van der Waals surface area contributed by atoms with Gasteiger partial charge < -0.3 is 16.0 Å².